The number of carbonyl (C=O) groups excluding carboxylic acids is 1. The lowest BCUT2D eigenvalue weighted by molar-refractivity contribution is 0.0228. The third kappa shape index (κ3) is 3.16. The molecule has 1 amide bonds. The summed E-state index contributed by atoms with van der Waals surface area (Å²) in [5, 5.41) is 3.68. The highest BCUT2D eigenvalue weighted by Gasteiger charge is 2.43. The van der Waals surface area contributed by atoms with Crippen molar-refractivity contribution in [2.24, 2.45) is 0 Å². The van der Waals surface area contributed by atoms with Gasteiger partial charge in [0.2, 0.25) is 0 Å². The highest BCUT2D eigenvalue weighted by molar-refractivity contribution is 5.69. The van der Waals surface area contributed by atoms with Crippen LogP contribution in [0.2, 0.25) is 0 Å². The van der Waals surface area contributed by atoms with Gasteiger partial charge in [-0.3, -0.25) is 0 Å². The van der Waals surface area contributed by atoms with Gasteiger partial charge in [0.15, 0.2) is 0 Å². The van der Waals surface area contributed by atoms with Crippen molar-refractivity contribution in [1.29, 1.82) is 0 Å². The van der Waals surface area contributed by atoms with Crippen molar-refractivity contribution in [2.45, 2.75) is 77.1 Å². The van der Waals surface area contributed by atoms with Gasteiger partial charge in [0.05, 0.1) is 0 Å². The Balaban J connectivity index is 1.90. The molecular formula is C14H26N2O2. The summed E-state index contributed by atoms with van der Waals surface area (Å²) in [5.74, 6) is 0. The van der Waals surface area contributed by atoms with E-state index >= 15 is 0 Å². The summed E-state index contributed by atoms with van der Waals surface area (Å²) in [6, 6.07) is 0.627. The van der Waals surface area contributed by atoms with Crippen LogP contribution in [0.25, 0.3) is 0 Å². The second-order valence-electron chi connectivity index (χ2n) is 7.01. The normalized spacial score (nSPS) is 30.4. The number of nitrogens with one attached hydrogen (secondary N) is 1. The van der Waals surface area contributed by atoms with Crippen LogP contribution in [0.3, 0.4) is 0 Å². The van der Waals surface area contributed by atoms with Crippen LogP contribution in [-0.4, -0.2) is 40.8 Å². The number of hydrogen-bond acceptors (Lipinski definition) is 3. The maximum Gasteiger partial charge on any atom is 0.410 e. The van der Waals surface area contributed by atoms with Crippen molar-refractivity contribution in [1.82, 2.24) is 10.2 Å². The first-order chi connectivity index (χ1) is 8.20. The van der Waals surface area contributed by atoms with Crippen LogP contribution in [0.15, 0.2) is 0 Å². The lowest BCUT2D eigenvalue weighted by Gasteiger charge is -2.29. The van der Waals surface area contributed by atoms with Crippen molar-refractivity contribution in [3.63, 3.8) is 0 Å². The molecule has 1 aliphatic carbocycles. The van der Waals surface area contributed by atoms with Gasteiger partial charge in [-0.25, -0.2) is 4.79 Å². The molecule has 0 spiro atoms. The Bertz CT molecular complexity index is 331. The van der Waals surface area contributed by atoms with E-state index in [4.69, 9.17) is 4.74 Å². The van der Waals surface area contributed by atoms with Crippen molar-refractivity contribution in [2.75, 3.05) is 6.54 Å². The molecule has 0 unspecified atom stereocenters. The predicted octanol–water partition coefficient (Wildman–Crippen LogP) is 2.53. The lowest BCUT2D eigenvalue weighted by atomic mass is 10.1. The summed E-state index contributed by atoms with van der Waals surface area (Å²) in [5.41, 5.74) is -0.0896. The standard InChI is InChI=1S/C14H26N2O2/c1-10-11(15-14(5)7-8-14)6-9-16(10)12(17)18-13(2,3)4/h10-11,15H,6-9H2,1-5H3/t10-,11-/m0/s1. The molecule has 18 heavy (non-hydrogen) atoms. The summed E-state index contributed by atoms with van der Waals surface area (Å²) >= 11 is 0. The van der Waals surface area contributed by atoms with Gasteiger partial charge in [0, 0.05) is 24.2 Å². The average Bonchev–Trinajstić information content (AvgIpc) is 2.81. The number of likely N-dealkylation sites (tertiary alicyclic amines) is 1. The maximum atomic E-state index is 12.1. The molecule has 104 valence electrons. The Hall–Kier alpha value is -0.770. The van der Waals surface area contributed by atoms with Crippen molar-refractivity contribution >= 4 is 6.09 Å². The molecule has 2 atom stereocenters. The van der Waals surface area contributed by atoms with Gasteiger partial charge in [-0.15, -0.1) is 0 Å². The number of rotatable bonds is 2. The minimum absolute atomic E-state index is 0.180. The minimum atomic E-state index is -0.412. The smallest absolute Gasteiger partial charge is 0.410 e. The average molecular weight is 254 g/mol. The second kappa shape index (κ2) is 4.41. The number of amides is 1. The molecular weight excluding hydrogens is 228 g/mol. The first-order valence-electron chi connectivity index (χ1n) is 6.98. The molecule has 0 bridgehead atoms. The third-order valence-corrected chi connectivity index (χ3v) is 3.92. The zero-order chi connectivity index (χ0) is 13.6. The molecule has 0 aromatic heterocycles. The molecule has 0 aromatic carbocycles. The minimum Gasteiger partial charge on any atom is -0.444 e. The van der Waals surface area contributed by atoms with E-state index in [1.807, 2.05) is 25.7 Å². The SMILES string of the molecule is C[C@H]1[C@@H](NC2(C)CC2)CCN1C(=O)OC(C)(C)C. The number of ether oxygens (including phenoxy) is 1. The van der Waals surface area contributed by atoms with Crippen molar-refractivity contribution < 1.29 is 9.53 Å². The molecule has 2 aliphatic rings. The molecule has 0 aromatic rings. The summed E-state index contributed by atoms with van der Waals surface area (Å²) in [4.78, 5) is 13.9. The monoisotopic (exact) mass is 254 g/mol. The zero-order valence-corrected chi connectivity index (χ0v) is 12.2. The van der Waals surface area contributed by atoms with Crippen LogP contribution < -0.4 is 5.32 Å². The van der Waals surface area contributed by atoms with E-state index < -0.39 is 5.60 Å². The second-order valence-corrected chi connectivity index (χ2v) is 7.01. The first-order valence-corrected chi connectivity index (χ1v) is 6.98. The molecule has 1 heterocycles. The highest BCUT2D eigenvalue weighted by Crippen LogP contribution is 2.36. The fourth-order valence-electron chi connectivity index (χ4n) is 2.49. The van der Waals surface area contributed by atoms with E-state index in [1.165, 1.54) is 12.8 Å². The highest BCUT2D eigenvalue weighted by atomic mass is 16.6. The molecule has 1 saturated heterocycles. The van der Waals surface area contributed by atoms with Gasteiger partial charge in [0.1, 0.15) is 5.60 Å². The lowest BCUT2D eigenvalue weighted by Crippen LogP contribution is -2.47. The van der Waals surface area contributed by atoms with Gasteiger partial charge >= 0.3 is 6.09 Å². The Morgan fingerprint density at radius 1 is 1.39 bits per heavy atom. The van der Waals surface area contributed by atoms with Crippen molar-refractivity contribution in [3.8, 4) is 0 Å². The summed E-state index contributed by atoms with van der Waals surface area (Å²) < 4.78 is 5.45. The van der Waals surface area contributed by atoms with Gasteiger partial charge in [0.25, 0.3) is 0 Å². The van der Waals surface area contributed by atoms with Gasteiger partial charge in [-0.1, -0.05) is 0 Å². The van der Waals surface area contributed by atoms with E-state index in [0.717, 1.165) is 13.0 Å². The molecule has 2 rings (SSSR count). The fourth-order valence-corrected chi connectivity index (χ4v) is 2.49. The topological polar surface area (TPSA) is 41.6 Å². The summed E-state index contributed by atoms with van der Waals surface area (Å²) in [6.45, 7) is 10.9. The van der Waals surface area contributed by atoms with Gasteiger partial charge < -0.3 is 15.0 Å². The molecule has 1 N–H and O–H groups in total. The molecule has 1 aliphatic heterocycles. The van der Waals surface area contributed by atoms with E-state index in [-0.39, 0.29) is 12.1 Å². The maximum absolute atomic E-state index is 12.1. The van der Waals surface area contributed by atoms with Crippen LogP contribution in [0.4, 0.5) is 4.79 Å². The van der Waals surface area contributed by atoms with Crippen LogP contribution in [0.1, 0.15) is 53.9 Å². The zero-order valence-electron chi connectivity index (χ0n) is 12.2. The number of carbonyl (C=O) groups is 1. The van der Waals surface area contributed by atoms with Gasteiger partial charge in [-0.05, 0) is 53.9 Å². The molecule has 4 nitrogen and oxygen atoms in total. The molecule has 1 saturated carbocycles. The van der Waals surface area contributed by atoms with Crippen LogP contribution in [-0.2, 0) is 4.74 Å². The molecule has 2 fully saturated rings. The third-order valence-electron chi connectivity index (χ3n) is 3.92. The first kappa shape index (κ1) is 13.7. The Kier molecular flexibility index (Phi) is 3.34. The van der Waals surface area contributed by atoms with E-state index in [1.54, 1.807) is 0 Å². The van der Waals surface area contributed by atoms with Crippen LogP contribution in [0, 0.1) is 0 Å². The van der Waals surface area contributed by atoms with Crippen LogP contribution >= 0.6 is 0 Å². The van der Waals surface area contributed by atoms with Crippen LogP contribution in [0.5, 0.6) is 0 Å². The van der Waals surface area contributed by atoms with E-state index in [9.17, 15) is 4.79 Å². The summed E-state index contributed by atoms with van der Waals surface area (Å²) in [6.07, 6.45) is 3.35. The quantitative estimate of drug-likeness (QED) is 0.823. The van der Waals surface area contributed by atoms with E-state index in [0.29, 0.717) is 11.6 Å². The Morgan fingerprint density at radius 2 is 2.00 bits per heavy atom. The predicted molar refractivity (Wildman–Crippen MR) is 71.6 cm³/mol. The van der Waals surface area contributed by atoms with Crippen molar-refractivity contribution in [3.05, 3.63) is 0 Å². The number of hydrogen-bond donors (Lipinski definition) is 1. The Morgan fingerprint density at radius 3 is 2.50 bits per heavy atom. The summed E-state index contributed by atoms with van der Waals surface area (Å²) in [7, 11) is 0. The molecule has 4 heteroatoms. The number of nitrogens with zero attached hydrogens (tertiary/aromatic N) is 1. The Labute approximate surface area is 110 Å². The van der Waals surface area contributed by atoms with E-state index in [2.05, 4.69) is 19.2 Å². The fraction of sp³-hybridized carbons (Fsp3) is 0.929. The largest absolute Gasteiger partial charge is 0.444 e. The molecule has 0 radical (unpaired) electrons. The van der Waals surface area contributed by atoms with Gasteiger partial charge in [-0.2, -0.15) is 0 Å².